The predicted octanol–water partition coefficient (Wildman–Crippen LogP) is 5.19. The van der Waals surface area contributed by atoms with E-state index in [9.17, 15) is 44.1 Å². The molecule has 0 fully saturated rings. The number of hydrogen-bond donors (Lipinski definition) is 2. The third-order valence-electron chi connectivity index (χ3n) is 5.13. The predicted molar refractivity (Wildman–Crippen MR) is 109 cm³/mol. The maximum Gasteiger partial charge on any atom is 0.426 e. The first-order chi connectivity index (χ1) is 16.0. The highest BCUT2D eigenvalue weighted by atomic mass is 32.2. The van der Waals surface area contributed by atoms with Crippen molar-refractivity contribution in [1.82, 2.24) is 0 Å². The molecule has 0 aliphatic carbocycles. The molecule has 35 heavy (non-hydrogen) atoms. The lowest BCUT2D eigenvalue weighted by atomic mass is 9.99. The number of esters is 1. The average Bonchev–Trinajstić information content (AvgIpc) is 2.73. The summed E-state index contributed by atoms with van der Waals surface area (Å²) < 4.78 is 114. The van der Waals surface area contributed by atoms with Crippen LogP contribution in [0.3, 0.4) is 0 Å². The topological polar surface area (TPSA) is 105 Å². The zero-order chi connectivity index (χ0) is 26.4. The number of ether oxygens (including phenoxy) is 1. The first kappa shape index (κ1) is 26.2. The Kier molecular flexibility index (Phi) is 6.49. The van der Waals surface area contributed by atoms with E-state index in [1.165, 1.54) is 30.3 Å². The summed E-state index contributed by atoms with van der Waals surface area (Å²) in [7, 11) is -4.94. The van der Waals surface area contributed by atoms with Crippen molar-refractivity contribution < 1.29 is 54.0 Å². The van der Waals surface area contributed by atoms with Crippen LogP contribution in [-0.4, -0.2) is 48.6 Å². The molecule has 0 heterocycles. The van der Waals surface area contributed by atoms with Crippen LogP contribution in [0.2, 0.25) is 0 Å². The molecule has 0 radical (unpaired) electrons. The summed E-state index contributed by atoms with van der Waals surface area (Å²) in [5.41, 5.74) is -5.50. The van der Waals surface area contributed by atoms with Crippen LogP contribution in [0.5, 0.6) is 0 Å². The third-order valence-corrected chi connectivity index (χ3v) is 6.03. The van der Waals surface area contributed by atoms with Crippen LogP contribution < -0.4 is 0 Å². The number of benzene rings is 3. The fourth-order valence-electron chi connectivity index (χ4n) is 3.28. The van der Waals surface area contributed by atoms with Crippen LogP contribution in [0.25, 0.3) is 26.4 Å². The summed E-state index contributed by atoms with van der Waals surface area (Å²) in [6.07, 6.45) is -14.3. The number of halogens is 6. The zero-order valence-electron chi connectivity index (χ0n) is 17.1. The second-order valence-electron chi connectivity index (χ2n) is 7.41. The highest BCUT2D eigenvalue weighted by Crippen LogP contribution is 2.45. The van der Waals surface area contributed by atoms with E-state index in [1.54, 1.807) is 0 Å². The van der Waals surface area contributed by atoms with E-state index in [2.05, 4.69) is 9.58 Å². The third kappa shape index (κ3) is 5.02. The first-order valence-corrected chi connectivity index (χ1v) is 10.8. The number of alkyl halides is 6. The van der Waals surface area contributed by atoms with Gasteiger partial charge in [-0.15, -0.1) is 0 Å². The minimum Gasteiger partial charge on any atom is -0.462 e. The van der Waals surface area contributed by atoms with Crippen LogP contribution in [0.4, 0.5) is 32.0 Å². The molecule has 0 aliphatic rings. The van der Waals surface area contributed by atoms with E-state index in [1.807, 2.05) is 0 Å². The molecule has 0 unspecified atom stereocenters. The molecule has 0 aromatic heterocycles. The Balaban J connectivity index is 2.01. The highest BCUT2D eigenvalue weighted by Gasteiger charge is 2.70. The average molecular weight is 521 g/mol. The molecule has 3 aromatic carbocycles. The summed E-state index contributed by atoms with van der Waals surface area (Å²) in [5, 5.41) is 10.0. The van der Waals surface area contributed by atoms with Gasteiger partial charge in [-0.05, 0) is 46.5 Å². The van der Waals surface area contributed by atoms with Gasteiger partial charge >= 0.3 is 18.3 Å². The molecule has 3 rings (SSSR count). The van der Waals surface area contributed by atoms with Gasteiger partial charge < -0.3 is 9.84 Å². The SMILES string of the molecule is [C-]#[N+]c1ccc2cc3c(S(=O)(=O)O)cc(C(=O)OCCC(O)(C(F)(F)F)C(F)(F)F)cc3cc2c1. The number of carbonyl (C=O) groups excluding carboxylic acids is 1. The van der Waals surface area contributed by atoms with Gasteiger partial charge in [0.2, 0.25) is 0 Å². The quantitative estimate of drug-likeness (QED) is 0.157. The van der Waals surface area contributed by atoms with Gasteiger partial charge in [0.25, 0.3) is 15.7 Å². The molecule has 0 saturated carbocycles. The van der Waals surface area contributed by atoms with Crippen LogP contribution in [0, 0.1) is 6.57 Å². The lowest BCUT2D eigenvalue weighted by Gasteiger charge is -2.31. The Morgan fingerprint density at radius 2 is 1.57 bits per heavy atom. The van der Waals surface area contributed by atoms with Crippen molar-refractivity contribution in [2.24, 2.45) is 0 Å². The zero-order valence-corrected chi connectivity index (χ0v) is 17.9. The Labute approximate surface area is 193 Å². The molecule has 3 aromatic rings. The van der Waals surface area contributed by atoms with Crippen molar-refractivity contribution in [3.05, 3.63) is 59.4 Å². The van der Waals surface area contributed by atoms with Gasteiger partial charge in [-0.2, -0.15) is 34.8 Å². The molecule has 0 atom stereocenters. The monoisotopic (exact) mass is 521 g/mol. The van der Waals surface area contributed by atoms with Crippen molar-refractivity contribution in [3.8, 4) is 0 Å². The number of rotatable bonds is 5. The minimum atomic E-state index is -6.11. The minimum absolute atomic E-state index is 0.0452. The fourth-order valence-corrected chi connectivity index (χ4v) is 4.01. The van der Waals surface area contributed by atoms with Crippen molar-refractivity contribution >= 4 is 43.3 Å². The van der Waals surface area contributed by atoms with Crippen molar-refractivity contribution in [1.29, 1.82) is 0 Å². The first-order valence-electron chi connectivity index (χ1n) is 9.37. The van der Waals surface area contributed by atoms with E-state index >= 15 is 0 Å². The Morgan fingerprint density at radius 3 is 2.11 bits per heavy atom. The van der Waals surface area contributed by atoms with Gasteiger partial charge in [-0.3, -0.25) is 4.55 Å². The van der Waals surface area contributed by atoms with Gasteiger partial charge in [-0.1, -0.05) is 12.1 Å². The molecule has 0 amide bonds. The molecule has 14 heteroatoms. The largest absolute Gasteiger partial charge is 0.462 e. The molecule has 0 spiro atoms. The van der Waals surface area contributed by atoms with Crippen molar-refractivity contribution in [2.45, 2.75) is 29.3 Å². The maximum atomic E-state index is 12.8. The number of hydrogen-bond acceptors (Lipinski definition) is 5. The van der Waals surface area contributed by atoms with Gasteiger partial charge in [0.1, 0.15) is 4.90 Å². The standard InChI is InChI=1S/C21H13F6NO6S/c1-28-15-3-2-11-9-16-13(6-12(11)8-15)7-14(10-17(16)35(31,32)33)18(29)34-5-4-19(30,20(22,23)24)21(25,26)27/h2-3,6-10,30H,4-5H2,(H,31,32,33). The van der Waals surface area contributed by atoms with E-state index in [0.717, 1.165) is 6.07 Å². The number of nitrogens with zero attached hydrogens (tertiary/aromatic N) is 1. The summed E-state index contributed by atoms with van der Waals surface area (Å²) in [4.78, 5) is 14.8. The van der Waals surface area contributed by atoms with Crippen LogP contribution in [0.1, 0.15) is 16.8 Å². The Bertz CT molecular complexity index is 1460. The molecule has 7 nitrogen and oxygen atoms in total. The Hall–Kier alpha value is -3.41. The smallest absolute Gasteiger partial charge is 0.426 e. The number of carbonyl (C=O) groups is 1. The maximum absolute atomic E-state index is 12.8. The summed E-state index contributed by atoms with van der Waals surface area (Å²) in [6.45, 7) is 5.55. The van der Waals surface area contributed by atoms with Gasteiger partial charge in [0, 0.05) is 11.8 Å². The lowest BCUT2D eigenvalue weighted by Crippen LogP contribution is -2.57. The number of fused-ring (bicyclic) bond motifs is 2. The molecular weight excluding hydrogens is 508 g/mol. The summed E-state index contributed by atoms with van der Waals surface area (Å²) in [5.74, 6) is -1.50. The summed E-state index contributed by atoms with van der Waals surface area (Å²) in [6, 6.07) is 8.86. The molecule has 2 N–H and O–H groups in total. The summed E-state index contributed by atoms with van der Waals surface area (Å²) >= 11 is 0. The normalized spacial score (nSPS) is 13.1. The molecule has 0 aliphatic heterocycles. The van der Waals surface area contributed by atoms with E-state index < -0.39 is 57.5 Å². The van der Waals surface area contributed by atoms with Crippen molar-refractivity contribution in [2.75, 3.05) is 6.61 Å². The second-order valence-corrected chi connectivity index (χ2v) is 8.80. The van der Waals surface area contributed by atoms with Crippen molar-refractivity contribution in [3.63, 3.8) is 0 Å². The lowest BCUT2D eigenvalue weighted by molar-refractivity contribution is -0.371. The fraction of sp³-hybridized carbons (Fsp3) is 0.238. The second kappa shape index (κ2) is 8.67. The Morgan fingerprint density at radius 1 is 0.943 bits per heavy atom. The van der Waals surface area contributed by atoms with E-state index in [-0.39, 0.29) is 16.5 Å². The van der Waals surface area contributed by atoms with Gasteiger partial charge in [-0.25, -0.2) is 9.64 Å². The van der Waals surface area contributed by atoms with Crippen LogP contribution in [-0.2, 0) is 14.9 Å². The number of aliphatic hydroxyl groups is 1. The van der Waals surface area contributed by atoms with Gasteiger partial charge in [0.15, 0.2) is 5.69 Å². The van der Waals surface area contributed by atoms with Gasteiger partial charge in [0.05, 0.1) is 18.7 Å². The highest BCUT2D eigenvalue weighted by molar-refractivity contribution is 7.86. The van der Waals surface area contributed by atoms with E-state index in [4.69, 9.17) is 11.7 Å². The van der Waals surface area contributed by atoms with E-state index in [0.29, 0.717) is 16.8 Å². The molecule has 0 saturated heterocycles. The van der Waals surface area contributed by atoms with Crippen LogP contribution in [0.15, 0.2) is 47.4 Å². The van der Waals surface area contributed by atoms with Crippen LogP contribution >= 0.6 is 0 Å². The molecular formula is C21H13F6NO6S. The molecule has 0 bridgehead atoms. The molecule has 186 valence electrons.